The SMILES string of the molecule is O=C(Nc1ccc(CC(=O)N2CCOCC2)cc1)C1CC(=O)N(c2ccccc2)C1. The first kappa shape index (κ1) is 20.1. The first-order valence-electron chi connectivity index (χ1n) is 10.2. The highest BCUT2D eigenvalue weighted by atomic mass is 16.5. The predicted molar refractivity (Wildman–Crippen MR) is 113 cm³/mol. The molecule has 7 heteroatoms. The summed E-state index contributed by atoms with van der Waals surface area (Å²) >= 11 is 0. The van der Waals surface area contributed by atoms with Crippen molar-refractivity contribution in [3.05, 3.63) is 60.2 Å². The van der Waals surface area contributed by atoms with Gasteiger partial charge in [-0.1, -0.05) is 30.3 Å². The zero-order valence-electron chi connectivity index (χ0n) is 16.8. The maximum absolute atomic E-state index is 12.6. The molecule has 1 unspecified atom stereocenters. The van der Waals surface area contributed by atoms with Gasteiger partial charge in [0.25, 0.3) is 0 Å². The van der Waals surface area contributed by atoms with Gasteiger partial charge < -0.3 is 19.9 Å². The summed E-state index contributed by atoms with van der Waals surface area (Å²) < 4.78 is 5.28. The first-order valence-corrected chi connectivity index (χ1v) is 10.2. The summed E-state index contributed by atoms with van der Waals surface area (Å²) in [7, 11) is 0. The van der Waals surface area contributed by atoms with E-state index in [1.165, 1.54) is 0 Å². The maximum atomic E-state index is 12.6. The van der Waals surface area contributed by atoms with Crippen LogP contribution in [0.4, 0.5) is 11.4 Å². The highest BCUT2D eigenvalue weighted by Crippen LogP contribution is 2.26. The Morgan fingerprint density at radius 2 is 1.70 bits per heavy atom. The molecule has 2 aromatic rings. The van der Waals surface area contributed by atoms with Gasteiger partial charge in [-0.05, 0) is 29.8 Å². The third kappa shape index (κ3) is 4.68. The van der Waals surface area contributed by atoms with Crippen molar-refractivity contribution in [2.45, 2.75) is 12.8 Å². The number of rotatable bonds is 5. The van der Waals surface area contributed by atoms with E-state index in [0.717, 1.165) is 11.3 Å². The predicted octanol–water partition coefficient (Wildman–Crippen LogP) is 2.08. The summed E-state index contributed by atoms with van der Waals surface area (Å²) in [6.45, 7) is 2.81. The fourth-order valence-electron chi connectivity index (χ4n) is 3.79. The van der Waals surface area contributed by atoms with Gasteiger partial charge in [-0.25, -0.2) is 0 Å². The molecule has 2 fully saturated rings. The monoisotopic (exact) mass is 407 g/mol. The van der Waals surface area contributed by atoms with E-state index >= 15 is 0 Å². The Morgan fingerprint density at radius 1 is 1.00 bits per heavy atom. The number of amides is 3. The van der Waals surface area contributed by atoms with Gasteiger partial charge in [0.15, 0.2) is 0 Å². The largest absolute Gasteiger partial charge is 0.378 e. The molecule has 2 saturated heterocycles. The molecule has 2 aromatic carbocycles. The van der Waals surface area contributed by atoms with E-state index in [-0.39, 0.29) is 30.1 Å². The number of nitrogens with zero attached hydrogens (tertiary/aromatic N) is 2. The highest BCUT2D eigenvalue weighted by molar-refractivity contribution is 6.03. The summed E-state index contributed by atoms with van der Waals surface area (Å²) in [5.74, 6) is -0.516. The molecule has 1 N–H and O–H groups in total. The smallest absolute Gasteiger partial charge is 0.229 e. The summed E-state index contributed by atoms with van der Waals surface area (Å²) in [4.78, 5) is 40.8. The minimum atomic E-state index is -0.389. The molecule has 3 amide bonds. The lowest BCUT2D eigenvalue weighted by Gasteiger charge is -2.26. The second-order valence-corrected chi connectivity index (χ2v) is 7.60. The molecule has 7 nitrogen and oxygen atoms in total. The molecule has 0 saturated carbocycles. The Morgan fingerprint density at radius 3 is 2.40 bits per heavy atom. The van der Waals surface area contributed by atoms with E-state index in [2.05, 4.69) is 5.32 Å². The lowest BCUT2D eigenvalue weighted by Crippen LogP contribution is -2.41. The quantitative estimate of drug-likeness (QED) is 0.823. The number of carbonyl (C=O) groups excluding carboxylic acids is 3. The van der Waals surface area contributed by atoms with Crippen LogP contribution in [0.15, 0.2) is 54.6 Å². The standard InChI is InChI=1S/C23H25N3O4/c27-21(25-10-12-30-13-11-25)14-17-6-8-19(9-7-17)24-23(29)18-15-22(28)26(16-18)20-4-2-1-3-5-20/h1-9,18H,10-16H2,(H,24,29). The number of hydrogen-bond acceptors (Lipinski definition) is 4. The topological polar surface area (TPSA) is 79.0 Å². The average molecular weight is 407 g/mol. The van der Waals surface area contributed by atoms with Crippen LogP contribution in [0.25, 0.3) is 0 Å². The van der Waals surface area contributed by atoms with Crippen LogP contribution >= 0.6 is 0 Å². The first-order chi connectivity index (χ1) is 14.6. The maximum Gasteiger partial charge on any atom is 0.229 e. The fraction of sp³-hybridized carbons (Fsp3) is 0.348. The third-order valence-corrected chi connectivity index (χ3v) is 5.50. The molecular weight excluding hydrogens is 382 g/mol. The summed E-state index contributed by atoms with van der Waals surface area (Å²) in [5, 5.41) is 2.89. The molecule has 2 aliphatic heterocycles. The van der Waals surface area contributed by atoms with E-state index in [4.69, 9.17) is 4.74 Å². The van der Waals surface area contributed by atoms with Crippen molar-refractivity contribution in [1.29, 1.82) is 0 Å². The van der Waals surface area contributed by atoms with Crippen LogP contribution in [-0.4, -0.2) is 55.5 Å². The Hall–Kier alpha value is -3.19. The lowest BCUT2D eigenvalue weighted by molar-refractivity contribution is -0.134. The zero-order chi connectivity index (χ0) is 20.9. The van der Waals surface area contributed by atoms with Crippen molar-refractivity contribution >= 4 is 29.1 Å². The van der Waals surface area contributed by atoms with Crippen LogP contribution in [0.1, 0.15) is 12.0 Å². The van der Waals surface area contributed by atoms with Crippen LogP contribution in [0.3, 0.4) is 0 Å². The molecule has 2 aliphatic rings. The van der Waals surface area contributed by atoms with Crippen molar-refractivity contribution in [1.82, 2.24) is 4.90 Å². The Balaban J connectivity index is 1.31. The van der Waals surface area contributed by atoms with E-state index < -0.39 is 0 Å². The fourth-order valence-corrected chi connectivity index (χ4v) is 3.79. The molecule has 4 rings (SSSR count). The lowest BCUT2D eigenvalue weighted by atomic mass is 10.1. The van der Waals surface area contributed by atoms with Gasteiger partial charge in [0.1, 0.15) is 0 Å². The van der Waals surface area contributed by atoms with E-state index in [1.54, 1.807) is 17.0 Å². The normalized spacial score (nSPS) is 19.1. The second kappa shape index (κ2) is 9.09. The van der Waals surface area contributed by atoms with Crippen molar-refractivity contribution < 1.29 is 19.1 Å². The second-order valence-electron chi connectivity index (χ2n) is 7.60. The van der Waals surface area contributed by atoms with Gasteiger partial charge in [0.2, 0.25) is 17.7 Å². The van der Waals surface area contributed by atoms with Crippen LogP contribution < -0.4 is 10.2 Å². The molecule has 1 atom stereocenters. The number of carbonyl (C=O) groups is 3. The third-order valence-electron chi connectivity index (χ3n) is 5.50. The van der Waals surface area contributed by atoms with Crippen LogP contribution in [0.5, 0.6) is 0 Å². The summed E-state index contributed by atoms with van der Waals surface area (Å²) in [5.41, 5.74) is 2.37. The van der Waals surface area contributed by atoms with Crippen LogP contribution in [0, 0.1) is 5.92 Å². The van der Waals surface area contributed by atoms with E-state index in [1.807, 2.05) is 47.4 Å². The summed E-state index contributed by atoms with van der Waals surface area (Å²) in [6.07, 6.45) is 0.532. The van der Waals surface area contributed by atoms with Crippen LogP contribution in [-0.2, 0) is 25.5 Å². The van der Waals surface area contributed by atoms with Gasteiger partial charge in [0, 0.05) is 37.4 Å². The molecule has 2 heterocycles. The number of ether oxygens (including phenoxy) is 1. The minimum Gasteiger partial charge on any atom is -0.378 e. The van der Waals surface area contributed by atoms with Crippen molar-refractivity contribution in [3.8, 4) is 0 Å². The molecule has 156 valence electrons. The molecule has 0 spiro atoms. The Labute approximate surface area is 175 Å². The average Bonchev–Trinajstić information content (AvgIpc) is 3.18. The Bertz CT molecular complexity index is 908. The van der Waals surface area contributed by atoms with Gasteiger partial charge >= 0.3 is 0 Å². The van der Waals surface area contributed by atoms with Crippen molar-refractivity contribution in [2.24, 2.45) is 5.92 Å². The number of para-hydroxylation sites is 1. The molecule has 30 heavy (non-hydrogen) atoms. The van der Waals surface area contributed by atoms with E-state index in [9.17, 15) is 14.4 Å². The number of benzene rings is 2. The van der Waals surface area contributed by atoms with Crippen molar-refractivity contribution in [2.75, 3.05) is 43.1 Å². The molecule has 0 aromatic heterocycles. The van der Waals surface area contributed by atoms with Gasteiger partial charge in [0.05, 0.1) is 25.6 Å². The van der Waals surface area contributed by atoms with E-state index in [0.29, 0.717) is 45.0 Å². The zero-order valence-corrected chi connectivity index (χ0v) is 16.8. The van der Waals surface area contributed by atoms with Gasteiger partial charge in [-0.2, -0.15) is 0 Å². The van der Waals surface area contributed by atoms with Gasteiger partial charge in [-0.15, -0.1) is 0 Å². The molecule has 0 radical (unpaired) electrons. The highest BCUT2D eigenvalue weighted by Gasteiger charge is 2.35. The number of anilines is 2. The number of morpholine rings is 1. The minimum absolute atomic E-state index is 0.0432. The Kier molecular flexibility index (Phi) is 6.09. The molecule has 0 aliphatic carbocycles. The number of hydrogen-bond donors (Lipinski definition) is 1. The number of nitrogens with one attached hydrogen (secondary N) is 1. The molecular formula is C23H25N3O4. The van der Waals surface area contributed by atoms with Gasteiger partial charge in [-0.3, -0.25) is 14.4 Å². The molecule has 0 bridgehead atoms. The van der Waals surface area contributed by atoms with Crippen LogP contribution in [0.2, 0.25) is 0 Å². The summed E-state index contributed by atoms with van der Waals surface area (Å²) in [6, 6.07) is 16.7. The van der Waals surface area contributed by atoms with Crippen molar-refractivity contribution in [3.63, 3.8) is 0 Å².